The zero-order valence-electron chi connectivity index (χ0n) is 16.7. The smallest absolute Gasteiger partial charge is 0.268 e. The van der Waals surface area contributed by atoms with Crippen molar-refractivity contribution >= 4 is 38.1 Å². The fourth-order valence-electron chi connectivity index (χ4n) is 3.25. The molecule has 31 heavy (non-hydrogen) atoms. The SMILES string of the molecule is CCOc1ccccc1OC1CCN(c2ccc(S(=O)(=O)Nc3nccs3)cc2)C1=O. The number of ether oxygens (including phenoxy) is 2. The second kappa shape index (κ2) is 8.94. The first-order chi connectivity index (χ1) is 15.0. The van der Waals surface area contributed by atoms with Gasteiger partial charge in [-0.25, -0.2) is 13.4 Å². The van der Waals surface area contributed by atoms with Crippen LogP contribution in [0, 0.1) is 0 Å². The summed E-state index contributed by atoms with van der Waals surface area (Å²) in [5.41, 5.74) is 0.613. The molecule has 1 saturated heterocycles. The number of benzene rings is 2. The molecule has 3 aromatic rings. The Kier molecular flexibility index (Phi) is 6.10. The van der Waals surface area contributed by atoms with Crippen LogP contribution in [-0.4, -0.2) is 38.6 Å². The summed E-state index contributed by atoms with van der Waals surface area (Å²) in [6.07, 6.45) is 1.41. The molecule has 1 atom stereocenters. The molecule has 0 spiro atoms. The van der Waals surface area contributed by atoms with E-state index in [1.54, 1.807) is 34.5 Å². The first-order valence-electron chi connectivity index (χ1n) is 9.70. The van der Waals surface area contributed by atoms with E-state index in [1.165, 1.54) is 29.7 Å². The highest BCUT2D eigenvalue weighted by atomic mass is 32.2. The molecule has 1 aliphatic rings. The van der Waals surface area contributed by atoms with Gasteiger partial charge in [-0.3, -0.25) is 9.52 Å². The lowest BCUT2D eigenvalue weighted by Gasteiger charge is -2.18. The van der Waals surface area contributed by atoms with Gasteiger partial charge in [0.15, 0.2) is 22.7 Å². The predicted molar refractivity (Wildman–Crippen MR) is 118 cm³/mol. The zero-order chi connectivity index (χ0) is 21.8. The number of anilines is 2. The third-order valence-electron chi connectivity index (χ3n) is 4.69. The molecule has 0 saturated carbocycles. The molecular formula is C21H21N3O5S2. The highest BCUT2D eigenvalue weighted by Crippen LogP contribution is 2.31. The summed E-state index contributed by atoms with van der Waals surface area (Å²) in [7, 11) is -3.74. The first-order valence-corrected chi connectivity index (χ1v) is 12.1. The lowest BCUT2D eigenvalue weighted by Crippen LogP contribution is -2.32. The van der Waals surface area contributed by atoms with Crippen molar-refractivity contribution in [3.05, 3.63) is 60.1 Å². The Bertz CT molecular complexity index is 1150. The van der Waals surface area contributed by atoms with Crippen molar-refractivity contribution in [2.75, 3.05) is 22.8 Å². The van der Waals surface area contributed by atoms with E-state index in [0.717, 1.165) is 0 Å². The Hall–Kier alpha value is -3.11. The number of nitrogens with zero attached hydrogens (tertiary/aromatic N) is 2. The number of para-hydroxylation sites is 2. The predicted octanol–water partition coefficient (Wildman–Crippen LogP) is 3.53. The number of carbonyl (C=O) groups excluding carboxylic acids is 1. The molecule has 1 N–H and O–H groups in total. The van der Waals surface area contributed by atoms with Gasteiger partial charge in [-0.2, -0.15) is 0 Å². The molecule has 2 aromatic carbocycles. The van der Waals surface area contributed by atoms with Crippen LogP contribution in [0.4, 0.5) is 10.8 Å². The van der Waals surface area contributed by atoms with Crippen LogP contribution in [0.5, 0.6) is 11.5 Å². The summed E-state index contributed by atoms with van der Waals surface area (Å²) in [5, 5.41) is 1.98. The van der Waals surface area contributed by atoms with Gasteiger partial charge in [0.05, 0.1) is 11.5 Å². The minimum Gasteiger partial charge on any atom is -0.490 e. The minimum atomic E-state index is -3.74. The van der Waals surface area contributed by atoms with Crippen molar-refractivity contribution in [1.82, 2.24) is 4.98 Å². The molecule has 0 bridgehead atoms. The third kappa shape index (κ3) is 4.64. The second-order valence-electron chi connectivity index (χ2n) is 6.70. The minimum absolute atomic E-state index is 0.0940. The van der Waals surface area contributed by atoms with Gasteiger partial charge in [0.2, 0.25) is 0 Å². The molecule has 1 aliphatic heterocycles. The van der Waals surface area contributed by atoms with Gasteiger partial charge >= 0.3 is 0 Å². The normalized spacial score (nSPS) is 16.4. The van der Waals surface area contributed by atoms with Crippen LogP contribution in [0.3, 0.4) is 0 Å². The van der Waals surface area contributed by atoms with Crippen molar-refractivity contribution in [2.45, 2.75) is 24.3 Å². The van der Waals surface area contributed by atoms with E-state index in [-0.39, 0.29) is 10.8 Å². The van der Waals surface area contributed by atoms with Crippen LogP contribution in [0.2, 0.25) is 0 Å². The van der Waals surface area contributed by atoms with E-state index in [2.05, 4.69) is 9.71 Å². The standard InChI is InChI=1S/C21H21N3O5S2/c1-2-28-17-5-3-4-6-18(17)29-19-11-13-24(20(19)25)15-7-9-16(10-8-15)31(26,27)23-21-22-12-14-30-21/h3-10,12,14,19H,2,11,13H2,1H3,(H,22,23). The van der Waals surface area contributed by atoms with Crippen LogP contribution in [0.1, 0.15) is 13.3 Å². The Labute approximate surface area is 184 Å². The molecule has 0 radical (unpaired) electrons. The van der Waals surface area contributed by atoms with Crippen molar-refractivity contribution in [2.24, 2.45) is 0 Å². The Morgan fingerprint density at radius 2 is 1.90 bits per heavy atom. The number of rotatable bonds is 8. The number of thiazole rings is 1. The first kappa shape index (κ1) is 21.1. The second-order valence-corrected chi connectivity index (χ2v) is 9.28. The molecule has 2 heterocycles. The summed E-state index contributed by atoms with van der Waals surface area (Å²) >= 11 is 1.20. The third-order valence-corrected chi connectivity index (χ3v) is 6.86. The van der Waals surface area contributed by atoms with Crippen molar-refractivity contribution in [3.63, 3.8) is 0 Å². The molecule has 1 fully saturated rings. The summed E-state index contributed by atoms with van der Waals surface area (Å²) in [4.78, 5) is 18.5. The molecule has 162 valence electrons. The van der Waals surface area contributed by atoms with Crippen LogP contribution >= 0.6 is 11.3 Å². The van der Waals surface area contributed by atoms with Gasteiger partial charge in [0.1, 0.15) is 0 Å². The number of nitrogens with one attached hydrogen (secondary N) is 1. The fraction of sp³-hybridized carbons (Fsp3) is 0.238. The van der Waals surface area contributed by atoms with Gasteiger partial charge in [0.25, 0.3) is 15.9 Å². The Morgan fingerprint density at radius 1 is 1.16 bits per heavy atom. The molecule has 0 aliphatic carbocycles. The van der Waals surface area contributed by atoms with Gasteiger partial charge in [0, 0.05) is 30.2 Å². The van der Waals surface area contributed by atoms with E-state index >= 15 is 0 Å². The molecular weight excluding hydrogens is 438 g/mol. The van der Waals surface area contributed by atoms with Crippen LogP contribution in [-0.2, 0) is 14.8 Å². The van der Waals surface area contributed by atoms with Crippen molar-refractivity contribution < 1.29 is 22.7 Å². The van der Waals surface area contributed by atoms with E-state index in [0.29, 0.717) is 41.9 Å². The van der Waals surface area contributed by atoms with Crippen molar-refractivity contribution in [1.29, 1.82) is 0 Å². The maximum Gasteiger partial charge on any atom is 0.268 e. The maximum atomic E-state index is 12.9. The number of aromatic nitrogens is 1. The average Bonchev–Trinajstić information content (AvgIpc) is 3.39. The summed E-state index contributed by atoms with van der Waals surface area (Å²) in [6, 6.07) is 13.4. The van der Waals surface area contributed by atoms with Gasteiger partial charge in [-0.15, -0.1) is 11.3 Å². The maximum absolute atomic E-state index is 12.9. The van der Waals surface area contributed by atoms with E-state index in [4.69, 9.17) is 9.47 Å². The number of carbonyl (C=O) groups is 1. The largest absolute Gasteiger partial charge is 0.490 e. The van der Waals surface area contributed by atoms with Gasteiger partial charge in [-0.1, -0.05) is 12.1 Å². The fourth-order valence-corrected chi connectivity index (χ4v) is 5.04. The average molecular weight is 460 g/mol. The number of hydrogen-bond donors (Lipinski definition) is 1. The summed E-state index contributed by atoms with van der Waals surface area (Å²) < 4.78 is 38.9. The highest BCUT2D eigenvalue weighted by molar-refractivity contribution is 7.93. The number of hydrogen-bond acceptors (Lipinski definition) is 7. The topological polar surface area (TPSA) is 97.8 Å². The Balaban J connectivity index is 1.45. The Morgan fingerprint density at radius 3 is 2.58 bits per heavy atom. The lowest BCUT2D eigenvalue weighted by atomic mass is 10.2. The lowest BCUT2D eigenvalue weighted by molar-refractivity contribution is -0.122. The summed E-state index contributed by atoms with van der Waals surface area (Å²) in [5.74, 6) is 0.945. The van der Waals surface area contributed by atoms with E-state index < -0.39 is 16.1 Å². The van der Waals surface area contributed by atoms with E-state index in [9.17, 15) is 13.2 Å². The van der Waals surface area contributed by atoms with Gasteiger partial charge in [-0.05, 0) is 43.3 Å². The van der Waals surface area contributed by atoms with Crippen LogP contribution < -0.4 is 19.1 Å². The molecule has 1 unspecified atom stereocenters. The van der Waals surface area contributed by atoms with Crippen molar-refractivity contribution in [3.8, 4) is 11.5 Å². The van der Waals surface area contributed by atoms with Gasteiger partial charge < -0.3 is 14.4 Å². The zero-order valence-corrected chi connectivity index (χ0v) is 18.4. The number of sulfonamides is 1. The molecule has 8 nitrogen and oxygen atoms in total. The van der Waals surface area contributed by atoms with E-state index in [1.807, 2.05) is 19.1 Å². The highest BCUT2D eigenvalue weighted by Gasteiger charge is 2.35. The summed E-state index contributed by atoms with van der Waals surface area (Å²) in [6.45, 7) is 2.86. The molecule has 10 heteroatoms. The number of amides is 1. The molecule has 1 amide bonds. The molecule has 1 aromatic heterocycles. The van der Waals surface area contributed by atoms with Crippen LogP contribution in [0.15, 0.2) is 65.0 Å². The quantitative estimate of drug-likeness (QED) is 0.553. The van der Waals surface area contributed by atoms with Crippen LogP contribution in [0.25, 0.3) is 0 Å². The monoisotopic (exact) mass is 459 g/mol. The molecule has 4 rings (SSSR count).